The lowest BCUT2D eigenvalue weighted by Gasteiger charge is -2.03. The summed E-state index contributed by atoms with van der Waals surface area (Å²) in [5.41, 5.74) is 0.377. The number of nitrogens with zero attached hydrogens (tertiary/aromatic N) is 1. The molecule has 0 aliphatic carbocycles. The molecule has 0 bridgehead atoms. The van der Waals surface area contributed by atoms with Crippen LogP contribution in [0.4, 0.5) is 4.39 Å². The maximum atomic E-state index is 13.1. The number of benzene rings is 1. The van der Waals surface area contributed by atoms with Crippen LogP contribution in [0.25, 0.3) is 10.9 Å². The Bertz CT molecular complexity index is 518. The molecule has 1 aromatic carbocycles. The quantitative estimate of drug-likeness (QED) is 0.537. The third-order valence-corrected chi connectivity index (χ3v) is 2.66. The maximum Gasteiger partial charge on any atom is 0.225 e. The van der Waals surface area contributed by atoms with E-state index in [0.717, 1.165) is 0 Å². The second-order valence-electron chi connectivity index (χ2n) is 2.81. The molecular weight excluding hydrogens is 272 g/mol. The van der Waals surface area contributed by atoms with E-state index in [2.05, 4.69) is 15.9 Å². The van der Waals surface area contributed by atoms with Crippen LogP contribution in [0.1, 0.15) is 0 Å². The predicted octanol–water partition coefficient (Wildman–Crippen LogP) is 3.03. The summed E-state index contributed by atoms with van der Waals surface area (Å²) >= 11 is 8.67. The van der Waals surface area contributed by atoms with Gasteiger partial charge in [0.2, 0.25) is 5.52 Å². The summed E-state index contributed by atoms with van der Waals surface area (Å²) in [5, 5.41) is 12.1. The van der Waals surface area contributed by atoms with Crippen molar-refractivity contribution in [1.29, 1.82) is 0 Å². The van der Waals surface area contributed by atoms with E-state index in [0.29, 0.717) is 15.6 Å². The zero-order chi connectivity index (χ0) is 10.3. The first kappa shape index (κ1) is 9.68. The molecule has 1 heterocycles. The summed E-state index contributed by atoms with van der Waals surface area (Å²) in [6.07, 6.45) is 1.23. The molecule has 0 fully saturated rings. The van der Waals surface area contributed by atoms with Crippen LogP contribution in [-0.2, 0) is 0 Å². The number of halogens is 3. The summed E-state index contributed by atoms with van der Waals surface area (Å²) in [6.45, 7) is 0. The fraction of sp³-hybridized carbons (Fsp3) is 0. The molecule has 14 heavy (non-hydrogen) atoms. The van der Waals surface area contributed by atoms with Crippen LogP contribution >= 0.6 is 27.5 Å². The van der Waals surface area contributed by atoms with Crippen LogP contribution < -0.4 is 4.73 Å². The summed E-state index contributed by atoms with van der Waals surface area (Å²) in [6, 6.07) is 4.23. The first-order valence-corrected chi connectivity index (χ1v) is 4.92. The van der Waals surface area contributed by atoms with Crippen molar-refractivity contribution in [2.75, 3.05) is 0 Å². The van der Waals surface area contributed by atoms with Crippen molar-refractivity contribution in [3.8, 4) is 0 Å². The third-order valence-electron chi connectivity index (χ3n) is 1.84. The highest BCUT2D eigenvalue weighted by molar-refractivity contribution is 9.10. The van der Waals surface area contributed by atoms with Gasteiger partial charge in [0.25, 0.3) is 0 Å². The molecule has 0 saturated carbocycles. The molecule has 5 heteroatoms. The van der Waals surface area contributed by atoms with Crippen LogP contribution in [0, 0.1) is 11.0 Å². The second-order valence-corrected chi connectivity index (χ2v) is 4.10. The van der Waals surface area contributed by atoms with Crippen molar-refractivity contribution in [1.82, 2.24) is 0 Å². The second kappa shape index (κ2) is 3.37. The molecule has 1 aromatic heterocycles. The monoisotopic (exact) mass is 275 g/mol. The average molecular weight is 276 g/mol. The third kappa shape index (κ3) is 1.55. The molecule has 72 valence electrons. The average Bonchev–Trinajstić information content (AvgIpc) is 2.08. The number of hydrogen-bond acceptors (Lipinski definition) is 1. The van der Waals surface area contributed by atoms with Crippen LogP contribution in [0.15, 0.2) is 28.9 Å². The van der Waals surface area contributed by atoms with E-state index < -0.39 is 5.82 Å². The van der Waals surface area contributed by atoms with Gasteiger partial charge in [-0.15, -0.1) is 0 Å². The molecule has 0 atom stereocenters. The van der Waals surface area contributed by atoms with Crippen molar-refractivity contribution in [3.05, 3.63) is 44.9 Å². The van der Waals surface area contributed by atoms with Gasteiger partial charge in [0, 0.05) is 6.07 Å². The number of aromatic nitrogens is 1. The minimum absolute atomic E-state index is 0.261. The topological polar surface area (TPSA) is 26.9 Å². The molecule has 2 aromatic rings. The lowest BCUT2D eigenvalue weighted by Crippen LogP contribution is -2.26. The molecule has 0 aliphatic heterocycles. The Morgan fingerprint density at radius 1 is 1.36 bits per heavy atom. The number of hydrogen-bond donors (Lipinski definition) is 0. The van der Waals surface area contributed by atoms with Gasteiger partial charge in [0.1, 0.15) is 10.8 Å². The molecule has 2 nitrogen and oxygen atoms in total. The molecule has 0 saturated heterocycles. The standard InChI is InChI=1S/C9H4BrClFNO/c10-7-3-9-5(2-8(7)12)1-6(11)4-13(9)14/h1-4H. The largest absolute Gasteiger partial charge is 0.618 e. The lowest BCUT2D eigenvalue weighted by molar-refractivity contribution is -0.576. The molecule has 2 rings (SSSR count). The smallest absolute Gasteiger partial charge is 0.225 e. The van der Waals surface area contributed by atoms with Gasteiger partial charge in [-0.1, -0.05) is 11.6 Å². The van der Waals surface area contributed by atoms with Crippen molar-refractivity contribution < 1.29 is 9.12 Å². The predicted molar refractivity (Wildman–Crippen MR) is 55.6 cm³/mol. The first-order chi connectivity index (χ1) is 6.58. The van der Waals surface area contributed by atoms with Crippen molar-refractivity contribution in [2.45, 2.75) is 0 Å². The normalized spacial score (nSPS) is 10.8. The van der Waals surface area contributed by atoms with E-state index in [1.807, 2.05) is 0 Å². The summed E-state index contributed by atoms with van der Waals surface area (Å²) in [5.74, 6) is -0.417. The van der Waals surface area contributed by atoms with Gasteiger partial charge < -0.3 is 5.21 Å². The van der Waals surface area contributed by atoms with Gasteiger partial charge in [-0.05, 0) is 28.1 Å². The Morgan fingerprint density at radius 3 is 2.79 bits per heavy atom. The molecular formula is C9H4BrClFNO. The van der Waals surface area contributed by atoms with E-state index in [-0.39, 0.29) is 9.50 Å². The van der Waals surface area contributed by atoms with Gasteiger partial charge in [-0.25, -0.2) is 4.39 Å². The van der Waals surface area contributed by atoms with Gasteiger partial charge in [0.15, 0.2) is 6.20 Å². The number of pyridine rings is 1. The van der Waals surface area contributed by atoms with Crippen LogP contribution in [0.5, 0.6) is 0 Å². The zero-order valence-corrected chi connectivity index (χ0v) is 9.14. The maximum absolute atomic E-state index is 13.1. The highest BCUT2D eigenvalue weighted by atomic mass is 79.9. The molecule has 0 aliphatic rings. The van der Waals surface area contributed by atoms with Crippen molar-refractivity contribution >= 4 is 38.4 Å². The zero-order valence-electron chi connectivity index (χ0n) is 6.80. The Balaban J connectivity index is 2.89. The summed E-state index contributed by atoms with van der Waals surface area (Å²) in [7, 11) is 0. The Kier molecular flexibility index (Phi) is 2.33. The van der Waals surface area contributed by atoms with Crippen molar-refractivity contribution in [2.24, 2.45) is 0 Å². The fourth-order valence-electron chi connectivity index (χ4n) is 1.23. The van der Waals surface area contributed by atoms with Crippen LogP contribution in [0.2, 0.25) is 5.02 Å². The van der Waals surface area contributed by atoms with Gasteiger partial charge in [0.05, 0.1) is 9.86 Å². The first-order valence-electron chi connectivity index (χ1n) is 3.75. The molecule has 0 amide bonds. The Hall–Kier alpha value is -0.870. The summed E-state index contributed by atoms with van der Waals surface area (Å²) in [4.78, 5) is 0. The van der Waals surface area contributed by atoms with Gasteiger partial charge in [-0.2, -0.15) is 4.73 Å². The van der Waals surface area contributed by atoms with E-state index in [1.54, 1.807) is 6.07 Å². The molecule has 0 spiro atoms. The number of fused-ring (bicyclic) bond motifs is 1. The minimum atomic E-state index is -0.417. The Morgan fingerprint density at radius 2 is 2.07 bits per heavy atom. The highest BCUT2D eigenvalue weighted by Crippen LogP contribution is 2.22. The van der Waals surface area contributed by atoms with Crippen LogP contribution in [0.3, 0.4) is 0 Å². The molecule has 0 unspecified atom stereocenters. The van der Waals surface area contributed by atoms with Gasteiger partial charge >= 0.3 is 0 Å². The van der Waals surface area contributed by atoms with Gasteiger partial charge in [-0.3, -0.25) is 0 Å². The lowest BCUT2D eigenvalue weighted by atomic mass is 10.2. The van der Waals surface area contributed by atoms with E-state index in [4.69, 9.17) is 11.6 Å². The molecule has 0 N–H and O–H groups in total. The van der Waals surface area contributed by atoms with E-state index in [9.17, 15) is 9.60 Å². The van der Waals surface area contributed by atoms with Crippen molar-refractivity contribution in [3.63, 3.8) is 0 Å². The SMILES string of the molecule is [O-][n+]1cc(Cl)cc2cc(F)c(Br)cc21. The van der Waals surface area contributed by atoms with E-state index in [1.165, 1.54) is 18.3 Å². The van der Waals surface area contributed by atoms with Crippen LogP contribution in [-0.4, -0.2) is 0 Å². The number of rotatable bonds is 0. The summed E-state index contributed by atoms with van der Waals surface area (Å²) < 4.78 is 14.0. The fourth-order valence-corrected chi connectivity index (χ4v) is 1.76. The van der Waals surface area contributed by atoms with E-state index >= 15 is 0 Å². The highest BCUT2D eigenvalue weighted by Gasteiger charge is 2.09. The minimum Gasteiger partial charge on any atom is -0.618 e. The Labute approximate surface area is 92.6 Å². The molecule has 0 radical (unpaired) electrons.